The minimum Gasteiger partial charge on any atom is -0.459 e. The third-order valence-corrected chi connectivity index (χ3v) is 14.4. The fourth-order valence-corrected chi connectivity index (χ4v) is 7.45. The summed E-state index contributed by atoms with van der Waals surface area (Å²) in [6, 6.07) is 9.18. The van der Waals surface area contributed by atoms with Crippen LogP contribution in [0.5, 0.6) is 0 Å². The Bertz CT molecular complexity index is 1780. The molecule has 5 atom stereocenters. The van der Waals surface area contributed by atoms with Crippen molar-refractivity contribution in [1.29, 1.82) is 0 Å². The highest BCUT2D eigenvalue weighted by molar-refractivity contribution is 6.74. The molecule has 0 spiro atoms. The Hall–Kier alpha value is -4.41. The van der Waals surface area contributed by atoms with Gasteiger partial charge < -0.3 is 33.2 Å². The predicted octanol–water partition coefficient (Wildman–Crippen LogP) is 6.35. The molecule has 0 radical (unpaired) electrons. The maximum Gasteiger partial charge on any atom is 0.407 e. The van der Waals surface area contributed by atoms with Crippen molar-refractivity contribution < 1.29 is 32.8 Å². The van der Waals surface area contributed by atoms with Gasteiger partial charge in [0.15, 0.2) is 14.1 Å². The Morgan fingerprint density at radius 3 is 2.35 bits per heavy atom. The number of alkyl carbamates (subject to hydrolysis) is 1. The van der Waals surface area contributed by atoms with Gasteiger partial charge in [0, 0.05) is 55.1 Å². The molecule has 1 aliphatic heterocycles. The zero-order chi connectivity index (χ0) is 37.3. The number of likely N-dealkylation sites (tertiary alicyclic amines) is 1. The minimum atomic E-state index is -2.11. The summed E-state index contributed by atoms with van der Waals surface area (Å²) < 4.78 is 24.9. The predicted molar refractivity (Wildman–Crippen MR) is 194 cm³/mol. The average Bonchev–Trinajstić information content (AvgIpc) is 3.55. The van der Waals surface area contributed by atoms with E-state index in [4.69, 9.17) is 18.4 Å². The molecule has 1 N–H and O–H groups in total. The van der Waals surface area contributed by atoms with Crippen LogP contribution >= 0.6 is 0 Å². The van der Waals surface area contributed by atoms with E-state index >= 15 is 0 Å². The zero-order valence-corrected chi connectivity index (χ0v) is 32.4. The second-order valence-electron chi connectivity index (χ2n) is 15.9. The summed E-state index contributed by atoms with van der Waals surface area (Å²) in [5.74, 6) is 7.35. The number of nitrogens with zero attached hydrogens (tertiary/aromatic N) is 4. The summed E-state index contributed by atoms with van der Waals surface area (Å²) in [4.78, 5) is 43.0. The van der Waals surface area contributed by atoms with Crippen LogP contribution in [0.2, 0.25) is 18.1 Å². The van der Waals surface area contributed by atoms with Crippen molar-refractivity contribution in [2.75, 3.05) is 26.2 Å². The van der Waals surface area contributed by atoms with Gasteiger partial charge in [-0.3, -0.25) is 4.79 Å². The topological polar surface area (TPSA) is 138 Å². The lowest BCUT2D eigenvalue weighted by molar-refractivity contribution is -0.159. The van der Waals surface area contributed by atoms with Crippen LogP contribution in [0.25, 0.3) is 11.3 Å². The molecular weight excluding hydrogens is 667 g/mol. The quantitative estimate of drug-likeness (QED) is 0.116. The molecule has 2 fully saturated rings. The fraction of sp³-hybridized carbons (Fsp3) is 0.553. The molecule has 1 aromatic carbocycles. The number of hydrogen-bond donors (Lipinski definition) is 1. The standard InChI is InChI=1S/C38H51N5O7Si/c1-11-47-35(45)34(44)42-22-28-27(29(28)23-42)17-14-25-12-15-26(16-13-25)32-20-30(41-49-32)31(21-40-36(46)48-37(3,4)5)43-19-18-39-33(43)24(2)50-51(9,10)38(6,7)8/h12-13,15-16,18-20,24,27-29,31H,11,21-23H2,1-10H3,(H,40,46)/t24-,27-,28-,29+,31+/m0/s1. The van der Waals surface area contributed by atoms with E-state index in [1.807, 2.05) is 68.8 Å². The normalized spacial score (nSPS) is 19.7. The van der Waals surface area contributed by atoms with Crippen LogP contribution < -0.4 is 5.32 Å². The average molecular weight is 718 g/mol. The summed E-state index contributed by atoms with van der Waals surface area (Å²) in [5.41, 5.74) is 1.66. The highest BCUT2D eigenvalue weighted by Gasteiger charge is 2.56. The van der Waals surface area contributed by atoms with Crippen LogP contribution in [0, 0.1) is 29.6 Å². The third-order valence-electron chi connectivity index (χ3n) is 9.87. The monoisotopic (exact) mass is 717 g/mol. The highest BCUT2D eigenvalue weighted by atomic mass is 28.4. The number of imidazole rings is 1. The van der Waals surface area contributed by atoms with Gasteiger partial charge in [-0.1, -0.05) is 37.8 Å². The van der Waals surface area contributed by atoms with Gasteiger partial charge in [0.05, 0.1) is 12.6 Å². The molecular formula is C38H51N5O7Si. The van der Waals surface area contributed by atoms with E-state index in [1.165, 1.54) is 0 Å². The first-order valence-electron chi connectivity index (χ1n) is 17.6. The Labute approximate surface area is 301 Å². The summed E-state index contributed by atoms with van der Waals surface area (Å²) in [6.07, 6.45) is 2.77. The molecule has 1 aliphatic carbocycles. The van der Waals surface area contributed by atoms with Crippen molar-refractivity contribution in [3.63, 3.8) is 0 Å². The molecule has 12 nitrogen and oxygen atoms in total. The lowest BCUT2D eigenvalue weighted by atomic mass is 10.1. The van der Waals surface area contributed by atoms with Crippen molar-refractivity contribution in [2.24, 2.45) is 17.8 Å². The molecule has 1 saturated heterocycles. The van der Waals surface area contributed by atoms with E-state index < -0.39 is 37.9 Å². The second-order valence-corrected chi connectivity index (χ2v) is 20.6. The van der Waals surface area contributed by atoms with E-state index in [9.17, 15) is 14.4 Å². The first kappa shape index (κ1) is 37.8. The second kappa shape index (κ2) is 14.7. The third kappa shape index (κ3) is 8.91. The SMILES string of the molecule is CCOC(=O)C(=O)N1C[C@@H]2[C@@H](C#Cc3ccc(-c4cc([C@@H](CNC(=O)OC(C)(C)C)n5ccnc5[C@H](C)O[Si](C)(C)C(C)(C)C)no4)cc3)[C@@H]2C1. The van der Waals surface area contributed by atoms with Crippen molar-refractivity contribution in [3.8, 4) is 23.2 Å². The number of ether oxygens (including phenoxy) is 2. The number of rotatable bonds is 9. The molecule has 1 saturated carbocycles. The molecule has 5 rings (SSSR count). The molecule has 2 aromatic heterocycles. The van der Waals surface area contributed by atoms with Gasteiger partial charge in [-0.2, -0.15) is 0 Å². The van der Waals surface area contributed by atoms with Gasteiger partial charge in [0.1, 0.15) is 23.2 Å². The summed E-state index contributed by atoms with van der Waals surface area (Å²) in [7, 11) is -2.11. The molecule has 0 unspecified atom stereocenters. The van der Waals surface area contributed by atoms with Gasteiger partial charge in [0.2, 0.25) is 0 Å². The number of esters is 1. The Morgan fingerprint density at radius 1 is 1.08 bits per heavy atom. The highest BCUT2D eigenvalue weighted by Crippen LogP contribution is 2.51. The number of amides is 2. The van der Waals surface area contributed by atoms with Gasteiger partial charge in [-0.05, 0) is 88.9 Å². The van der Waals surface area contributed by atoms with Crippen LogP contribution in [-0.4, -0.2) is 77.7 Å². The van der Waals surface area contributed by atoms with Crippen molar-refractivity contribution in [1.82, 2.24) is 24.9 Å². The summed E-state index contributed by atoms with van der Waals surface area (Å²) in [5, 5.41) is 7.37. The van der Waals surface area contributed by atoms with Crippen LogP contribution in [0.3, 0.4) is 0 Å². The largest absolute Gasteiger partial charge is 0.459 e. The lowest BCUT2D eigenvalue weighted by Gasteiger charge is -2.38. The molecule has 0 bridgehead atoms. The number of carbonyl (C=O) groups excluding carboxylic acids is 3. The first-order valence-corrected chi connectivity index (χ1v) is 20.5. The number of piperidine rings is 1. The fourth-order valence-electron chi connectivity index (χ4n) is 6.11. The number of hydrogen-bond acceptors (Lipinski definition) is 9. The Kier molecular flexibility index (Phi) is 10.9. The van der Waals surface area contributed by atoms with Crippen LogP contribution in [-0.2, 0) is 23.5 Å². The molecule has 13 heteroatoms. The van der Waals surface area contributed by atoms with E-state index in [0.29, 0.717) is 24.5 Å². The van der Waals surface area contributed by atoms with E-state index in [2.05, 4.69) is 61.2 Å². The van der Waals surface area contributed by atoms with Crippen LogP contribution in [0.15, 0.2) is 47.2 Å². The summed E-state index contributed by atoms with van der Waals surface area (Å²) >= 11 is 0. The van der Waals surface area contributed by atoms with Crippen molar-refractivity contribution >= 4 is 26.3 Å². The number of aromatic nitrogens is 3. The maximum atomic E-state index is 12.7. The van der Waals surface area contributed by atoms with Gasteiger partial charge >= 0.3 is 18.0 Å². The van der Waals surface area contributed by atoms with E-state index in [0.717, 1.165) is 17.0 Å². The van der Waals surface area contributed by atoms with Gasteiger partial charge in [-0.25, -0.2) is 14.6 Å². The van der Waals surface area contributed by atoms with Crippen LogP contribution in [0.4, 0.5) is 4.79 Å². The summed E-state index contributed by atoms with van der Waals surface area (Å²) in [6.45, 7) is 21.6. The van der Waals surface area contributed by atoms with Crippen LogP contribution in [0.1, 0.15) is 84.6 Å². The number of fused-ring (bicyclic) bond motifs is 1. The van der Waals surface area contributed by atoms with E-state index in [1.54, 1.807) is 18.0 Å². The lowest BCUT2D eigenvalue weighted by Crippen LogP contribution is -2.42. The smallest absolute Gasteiger partial charge is 0.407 e. The molecule has 2 amide bonds. The molecule has 3 aromatic rings. The molecule has 51 heavy (non-hydrogen) atoms. The maximum absolute atomic E-state index is 12.7. The van der Waals surface area contributed by atoms with Crippen molar-refractivity contribution in [3.05, 3.63) is 59.8 Å². The minimum absolute atomic E-state index is 0.0193. The van der Waals surface area contributed by atoms with Crippen molar-refractivity contribution in [2.45, 2.75) is 91.3 Å². The molecule has 274 valence electrons. The first-order chi connectivity index (χ1) is 23.9. The number of carbonyl (C=O) groups is 3. The Balaban J connectivity index is 1.29. The van der Waals surface area contributed by atoms with E-state index in [-0.39, 0.29) is 42.0 Å². The zero-order valence-electron chi connectivity index (χ0n) is 31.4. The Morgan fingerprint density at radius 2 is 1.75 bits per heavy atom. The van der Waals surface area contributed by atoms with Gasteiger partial charge in [-0.15, -0.1) is 0 Å². The molecule has 2 aliphatic rings. The number of nitrogens with one attached hydrogen (secondary N) is 1. The molecule has 3 heterocycles. The van der Waals surface area contributed by atoms with Gasteiger partial charge in [0.25, 0.3) is 0 Å². The number of benzene rings is 1.